The zero-order chi connectivity index (χ0) is 13.9. The predicted octanol–water partition coefficient (Wildman–Crippen LogP) is 5.00. The lowest BCUT2D eigenvalue weighted by atomic mass is 9.72. The molecule has 0 fully saturated rings. The highest BCUT2D eigenvalue weighted by molar-refractivity contribution is 7.14. The van der Waals surface area contributed by atoms with E-state index in [0.717, 1.165) is 23.3 Å². The summed E-state index contributed by atoms with van der Waals surface area (Å²) in [5, 5.41) is 0. The molecule has 1 aromatic heterocycles. The van der Waals surface area contributed by atoms with Gasteiger partial charge in [-0.05, 0) is 37.5 Å². The van der Waals surface area contributed by atoms with Crippen molar-refractivity contribution in [3.8, 4) is 0 Å². The Bertz CT molecular complexity index is 550. The van der Waals surface area contributed by atoms with Crippen LogP contribution in [0.25, 0.3) is 0 Å². The number of Topliss-reactive ketones (excluding diaryl/α,β-unsaturated/α-hetero) is 1. The van der Waals surface area contributed by atoms with Crippen LogP contribution < -0.4 is 0 Å². The molecule has 2 aromatic rings. The van der Waals surface area contributed by atoms with Gasteiger partial charge in [0.15, 0.2) is 5.78 Å². The van der Waals surface area contributed by atoms with Gasteiger partial charge in [-0.2, -0.15) is 0 Å². The number of carbonyl (C=O) groups is 1. The number of hydrogen-bond acceptors (Lipinski definition) is 2. The fraction of sp³-hybridized carbons (Fsp3) is 0.353. The molecule has 100 valence electrons. The van der Waals surface area contributed by atoms with E-state index >= 15 is 0 Å². The highest BCUT2D eigenvalue weighted by Gasteiger charge is 2.37. The van der Waals surface area contributed by atoms with Gasteiger partial charge in [0.1, 0.15) is 0 Å². The number of hydrogen-bond donors (Lipinski definition) is 0. The molecule has 0 aliphatic carbocycles. The van der Waals surface area contributed by atoms with Gasteiger partial charge in [0, 0.05) is 4.88 Å². The maximum atomic E-state index is 13.0. The van der Waals surface area contributed by atoms with Crippen LogP contribution in [0.1, 0.15) is 46.8 Å². The van der Waals surface area contributed by atoms with Crippen molar-refractivity contribution in [2.75, 3.05) is 0 Å². The summed E-state index contributed by atoms with van der Waals surface area (Å²) < 4.78 is 0. The first-order valence-electron chi connectivity index (χ1n) is 6.81. The lowest BCUT2D eigenvalue weighted by Gasteiger charge is -2.30. The minimum Gasteiger partial charge on any atom is -0.292 e. The first-order valence-corrected chi connectivity index (χ1v) is 7.62. The minimum absolute atomic E-state index is 0.266. The summed E-state index contributed by atoms with van der Waals surface area (Å²) >= 11 is 1.60. The van der Waals surface area contributed by atoms with Crippen molar-refractivity contribution in [2.24, 2.45) is 0 Å². The van der Waals surface area contributed by atoms with Gasteiger partial charge in [0.25, 0.3) is 0 Å². The Kier molecular flexibility index (Phi) is 4.20. The average molecular weight is 272 g/mol. The maximum Gasteiger partial charge on any atom is 0.183 e. The van der Waals surface area contributed by atoms with Crippen molar-refractivity contribution in [3.05, 3.63) is 57.8 Å². The number of rotatable bonds is 5. The van der Waals surface area contributed by atoms with E-state index in [9.17, 15) is 4.79 Å². The quantitative estimate of drug-likeness (QED) is 0.700. The van der Waals surface area contributed by atoms with Gasteiger partial charge in [0.2, 0.25) is 0 Å². The second-order valence-corrected chi connectivity index (χ2v) is 6.18. The van der Waals surface area contributed by atoms with E-state index in [1.54, 1.807) is 11.3 Å². The lowest BCUT2D eigenvalue weighted by Crippen LogP contribution is -2.34. The van der Waals surface area contributed by atoms with Crippen LogP contribution in [-0.2, 0) is 5.41 Å². The molecule has 0 spiro atoms. The Labute approximate surface area is 119 Å². The van der Waals surface area contributed by atoms with Crippen molar-refractivity contribution < 1.29 is 4.79 Å². The van der Waals surface area contributed by atoms with Gasteiger partial charge in [-0.25, -0.2) is 0 Å². The largest absolute Gasteiger partial charge is 0.292 e. The van der Waals surface area contributed by atoms with Crippen molar-refractivity contribution in [1.82, 2.24) is 0 Å². The molecular weight excluding hydrogens is 252 g/mol. The Hall–Kier alpha value is -1.41. The van der Waals surface area contributed by atoms with E-state index < -0.39 is 0 Å². The molecule has 2 heteroatoms. The topological polar surface area (TPSA) is 17.1 Å². The Morgan fingerprint density at radius 1 is 1.05 bits per heavy atom. The molecule has 0 unspecified atom stereocenters. The van der Waals surface area contributed by atoms with Crippen LogP contribution in [0.2, 0.25) is 0 Å². The first kappa shape index (κ1) is 14.0. The fourth-order valence-corrected chi connectivity index (χ4v) is 3.57. The first-order chi connectivity index (χ1) is 9.14. The third kappa shape index (κ3) is 2.50. The summed E-state index contributed by atoms with van der Waals surface area (Å²) in [6.45, 7) is 6.26. The molecule has 1 nitrogen and oxygen atoms in total. The highest BCUT2D eigenvalue weighted by Crippen LogP contribution is 2.36. The molecule has 0 amide bonds. The Morgan fingerprint density at radius 3 is 2.16 bits per heavy atom. The molecular formula is C17H20OS. The van der Waals surface area contributed by atoms with Crippen LogP contribution >= 0.6 is 11.3 Å². The molecule has 0 bridgehead atoms. The monoisotopic (exact) mass is 272 g/mol. The average Bonchev–Trinajstić information content (AvgIpc) is 2.88. The number of carbonyl (C=O) groups excluding carboxylic acids is 1. The van der Waals surface area contributed by atoms with Gasteiger partial charge in [0.05, 0.1) is 10.3 Å². The van der Waals surface area contributed by atoms with Crippen molar-refractivity contribution in [3.63, 3.8) is 0 Å². The number of benzene rings is 1. The SMILES string of the molecule is CCC(CC)(C(=O)c1ccc(C)s1)c1ccccc1. The summed E-state index contributed by atoms with van der Waals surface area (Å²) in [5.41, 5.74) is 0.759. The molecule has 0 aliphatic rings. The van der Waals surface area contributed by atoms with Crippen molar-refractivity contribution in [1.29, 1.82) is 0 Å². The summed E-state index contributed by atoms with van der Waals surface area (Å²) in [5.74, 6) is 0.266. The smallest absolute Gasteiger partial charge is 0.183 e. The van der Waals surface area contributed by atoms with Gasteiger partial charge < -0.3 is 0 Å². The zero-order valence-corrected chi connectivity index (χ0v) is 12.6. The standard InChI is InChI=1S/C17H20OS/c1-4-17(5-2,14-9-7-6-8-10-14)16(18)15-12-11-13(3)19-15/h6-12H,4-5H2,1-3H3. The van der Waals surface area contributed by atoms with E-state index in [1.165, 1.54) is 4.88 Å². The maximum absolute atomic E-state index is 13.0. The van der Waals surface area contributed by atoms with Gasteiger partial charge in [-0.3, -0.25) is 4.79 Å². The second kappa shape index (κ2) is 5.70. The summed E-state index contributed by atoms with van der Waals surface area (Å²) in [6, 6.07) is 14.2. The third-order valence-electron chi connectivity index (χ3n) is 3.93. The summed E-state index contributed by atoms with van der Waals surface area (Å²) in [7, 11) is 0. The van der Waals surface area contributed by atoms with Crippen LogP contribution in [0, 0.1) is 6.92 Å². The second-order valence-electron chi connectivity index (χ2n) is 4.89. The molecule has 0 N–H and O–H groups in total. The number of aryl methyl sites for hydroxylation is 1. The molecule has 0 radical (unpaired) electrons. The Balaban J connectivity index is 2.48. The highest BCUT2D eigenvalue weighted by atomic mass is 32.1. The van der Waals surface area contributed by atoms with E-state index in [0.29, 0.717) is 0 Å². The van der Waals surface area contributed by atoms with E-state index in [2.05, 4.69) is 26.0 Å². The normalized spacial score (nSPS) is 11.5. The lowest BCUT2D eigenvalue weighted by molar-refractivity contribution is 0.0877. The van der Waals surface area contributed by atoms with Crippen molar-refractivity contribution >= 4 is 17.1 Å². The van der Waals surface area contributed by atoms with E-state index in [1.807, 2.05) is 37.3 Å². The van der Waals surface area contributed by atoms with Crippen LogP contribution in [0.15, 0.2) is 42.5 Å². The van der Waals surface area contributed by atoms with E-state index in [-0.39, 0.29) is 11.2 Å². The zero-order valence-electron chi connectivity index (χ0n) is 11.8. The fourth-order valence-electron chi connectivity index (χ4n) is 2.66. The van der Waals surface area contributed by atoms with Crippen LogP contribution in [-0.4, -0.2) is 5.78 Å². The van der Waals surface area contributed by atoms with Gasteiger partial charge in [-0.1, -0.05) is 44.2 Å². The van der Waals surface area contributed by atoms with E-state index in [4.69, 9.17) is 0 Å². The molecule has 1 heterocycles. The molecule has 0 saturated carbocycles. The van der Waals surface area contributed by atoms with Crippen LogP contribution in [0.5, 0.6) is 0 Å². The number of thiophene rings is 1. The molecule has 0 saturated heterocycles. The third-order valence-corrected chi connectivity index (χ3v) is 4.93. The molecule has 1 aromatic carbocycles. The van der Waals surface area contributed by atoms with Gasteiger partial charge >= 0.3 is 0 Å². The predicted molar refractivity (Wildman–Crippen MR) is 82.1 cm³/mol. The van der Waals surface area contributed by atoms with Crippen LogP contribution in [0.3, 0.4) is 0 Å². The molecule has 0 aliphatic heterocycles. The summed E-state index contributed by atoms with van der Waals surface area (Å²) in [4.78, 5) is 15.0. The minimum atomic E-state index is -0.376. The summed E-state index contributed by atoms with van der Waals surface area (Å²) in [6.07, 6.45) is 1.67. The van der Waals surface area contributed by atoms with Gasteiger partial charge in [-0.15, -0.1) is 11.3 Å². The molecule has 2 rings (SSSR count). The Morgan fingerprint density at radius 2 is 1.68 bits per heavy atom. The molecule has 0 atom stereocenters. The number of ketones is 1. The van der Waals surface area contributed by atoms with Crippen LogP contribution in [0.4, 0.5) is 0 Å². The molecule has 19 heavy (non-hydrogen) atoms. The van der Waals surface area contributed by atoms with Crippen molar-refractivity contribution in [2.45, 2.75) is 39.0 Å².